The average Bonchev–Trinajstić information content (AvgIpc) is 3.16. The number of aromatic amines is 1. The van der Waals surface area contributed by atoms with Crippen molar-refractivity contribution in [2.45, 2.75) is 32.7 Å². The third-order valence-corrected chi connectivity index (χ3v) is 5.24. The Hall–Kier alpha value is -3.08. The molecule has 0 radical (unpaired) electrons. The summed E-state index contributed by atoms with van der Waals surface area (Å²) in [5, 5.41) is 7.62. The molecule has 1 aromatic heterocycles. The second-order valence-corrected chi connectivity index (χ2v) is 7.47. The van der Waals surface area contributed by atoms with Gasteiger partial charge in [-0.25, -0.2) is 0 Å². The second-order valence-electron chi connectivity index (χ2n) is 7.47. The number of H-pyrrole nitrogens is 1. The Labute approximate surface area is 165 Å². The van der Waals surface area contributed by atoms with E-state index in [0.717, 1.165) is 34.7 Å². The quantitative estimate of drug-likeness (QED) is 0.728. The third-order valence-electron chi connectivity index (χ3n) is 5.24. The molecule has 1 aliphatic heterocycles. The topological polar surface area (TPSA) is 58.2 Å². The molecule has 0 aliphatic carbocycles. The smallest absolute Gasteiger partial charge is 0.260 e. The second kappa shape index (κ2) is 7.89. The maximum absolute atomic E-state index is 12.7. The van der Waals surface area contributed by atoms with Crippen LogP contribution in [0.4, 0.5) is 0 Å². The fourth-order valence-electron chi connectivity index (χ4n) is 3.53. The van der Waals surface area contributed by atoms with E-state index in [-0.39, 0.29) is 12.5 Å². The molecule has 1 amide bonds. The van der Waals surface area contributed by atoms with Crippen LogP contribution >= 0.6 is 0 Å². The highest BCUT2D eigenvalue weighted by Gasteiger charge is 2.25. The number of fused-ring (bicyclic) bond motifs is 1. The van der Waals surface area contributed by atoms with Crippen molar-refractivity contribution in [1.29, 1.82) is 0 Å². The van der Waals surface area contributed by atoms with Crippen LogP contribution in [-0.2, 0) is 17.8 Å². The van der Waals surface area contributed by atoms with Crippen LogP contribution in [0.3, 0.4) is 0 Å². The van der Waals surface area contributed by atoms with Crippen LogP contribution in [0.5, 0.6) is 5.75 Å². The molecule has 0 unspecified atom stereocenters. The summed E-state index contributed by atoms with van der Waals surface area (Å²) < 4.78 is 5.73. The number of carbonyl (C=O) groups excluding carboxylic acids is 1. The van der Waals surface area contributed by atoms with Gasteiger partial charge in [-0.15, -0.1) is 0 Å². The van der Waals surface area contributed by atoms with Gasteiger partial charge in [0.05, 0.1) is 5.69 Å². The maximum atomic E-state index is 12.7. The SMILES string of the molecule is CC(C)c1ccc(OCC(=O)N2CCc3[nH]nc(-c4ccccc4)c3C2)cc1. The minimum Gasteiger partial charge on any atom is -0.484 e. The summed E-state index contributed by atoms with van der Waals surface area (Å²) in [5.41, 5.74) is 5.48. The van der Waals surface area contributed by atoms with Crippen molar-refractivity contribution in [1.82, 2.24) is 15.1 Å². The number of nitrogens with zero attached hydrogens (tertiary/aromatic N) is 2. The number of hydrogen-bond donors (Lipinski definition) is 1. The molecule has 0 saturated heterocycles. The molecular weight excluding hydrogens is 350 g/mol. The minimum absolute atomic E-state index is 0.00111. The van der Waals surface area contributed by atoms with Gasteiger partial charge in [0.25, 0.3) is 5.91 Å². The molecule has 2 aromatic carbocycles. The molecule has 5 heteroatoms. The van der Waals surface area contributed by atoms with E-state index in [2.05, 4.69) is 36.2 Å². The molecule has 0 fully saturated rings. The first-order chi connectivity index (χ1) is 13.6. The van der Waals surface area contributed by atoms with Crippen LogP contribution in [0, 0.1) is 0 Å². The van der Waals surface area contributed by atoms with E-state index in [0.29, 0.717) is 19.0 Å². The van der Waals surface area contributed by atoms with Gasteiger partial charge in [-0.3, -0.25) is 9.89 Å². The minimum atomic E-state index is -0.00111. The molecule has 3 aromatic rings. The standard InChI is InChI=1S/C23H25N3O2/c1-16(2)17-8-10-19(11-9-17)28-15-22(27)26-13-12-21-20(14-26)23(25-24-21)18-6-4-3-5-7-18/h3-11,16H,12-15H2,1-2H3,(H,24,25). The van der Waals surface area contributed by atoms with Crippen LogP contribution in [0.25, 0.3) is 11.3 Å². The molecule has 28 heavy (non-hydrogen) atoms. The molecule has 2 heterocycles. The lowest BCUT2D eigenvalue weighted by Crippen LogP contribution is -2.38. The molecule has 144 valence electrons. The van der Waals surface area contributed by atoms with Crippen molar-refractivity contribution >= 4 is 5.91 Å². The number of benzene rings is 2. The molecule has 5 nitrogen and oxygen atoms in total. The Bertz CT molecular complexity index is 946. The Morgan fingerprint density at radius 3 is 2.61 bits per heavy atom. The predicted octanol–water partition coefficient (Wildman–Crippen LogP) is 4.16. The van der Waals surface area contributed by atoms with Gasteiger partial charge in [-0.1, -0.05) is 56.3 Å². The van der Waals surface area contributed by atoms with Crippen molar-refractivity contribution in [3.8, 4) is 17.0 Å². The average molecular weight is 375 g/mol. The van der Waals surface area contributed by atoms with E-state index in [1.165, 1.54) is 5.56 Å². The maximum Gasteiger partial charge on any atom is 0.260 e. The fraction of sp³-hybridized carbons (Fsp3) is 0.304. The number of rotatable bonds is 5. The monoisotopic (exact) mass is 375 g/mol. The van der Waals surface area contributed by atoms with Crippen LogP contribution in [0.2, 0.25) is 0 Å². The highest BCUT2D eigenvalue weighted by molar-refractivity contribution is 5.78. The first-order valence-corrected chi connectivity index (χ1v) is 9.74. The van der Waals surface area contributed by atoms with Crippen LogP contribution in [0.1, 0.15) is 36.6 Å². The Morgan fingerprint density at radius 2 is 1.89 bits per heavy atom. The fourth-order valence-corrected chi connectivity index (χ4v) is 3.53. The van der Waals surface area contributed by atoms with E-state index < -0.39 is 0 Å². The van der Waals surface area contributed by atoms with Gasteiger partial charge < -0.3 is 9.64 Å². The van der Waals surface area contributed by atoms with E-state index in [4.69, 9.17) is 4.74 Å². The summed E-state index contributed by atoms with van der Waals surface area (Å²) in [6.07, 6.45) is 0.782. The van der Waals surface area contributed by atoms with Crippen molar-refractivity contribution in [3.05, 3.63) is 71.4 Å². The molecule has 0 atom stereocenters. The van der Waals surface area contributed by atoms with Crippen LogP contribution in [0.15, 0.2) is 54.6 Å². The van der Waals surface area contributed by atoms with Crippen molar-refractivity contribution in [3.63, 3.8) is 0 Å². The zero-order valence-corrected chi connectivity index (χ0v) is 16.3. The zero-order valence-electron chi connectivity index (χ0n) is 16.3. The summed E-state index contributed by atoms with van der Waals surface area (Å²) in [4.78, 5) is 14.6. The molecule has 0 bridgehead atoms. The molecule has 0 saturated carbocycles. The third kappa shape index (κ3) is 3.79. The zero-order chi connectivity index (χ0) is 19.5. The predicted molar refractivity (Wildman–Crippen MR) is 109 cm³/mol. The largest absolute Gasteiger partial charge is 0.484 e. The molecule has 1 aliphatic rings. The van der Waals surface area contributed by atoms with E-state index >= 15 is 0 Å². The number of nitrogens with one attached hydrogen (secondary N) is 1. The van der Waals surface area contributed by atoms with Gasteiger partial charge in [-0.05, 0) is 23.6 Å². The molecule has 0 spiro atoms. The highest BCUT2D eigenvalue weighted by Crippen LogP contribution is 2.28. The molecule has 1 N–H and O–H groups in total. The van der Waals surface area contributed by atoms with Gasteiger partial charge >= 0.3 is 0 Å². The van der Waals surface area contributed by atoms with Gasteiger partial charge in [0, 0.05) is 36.3 Å². The van der Waals surface area contributed by atoms with Crippen LogP contribution in [-0.4, -0.2) is 34.2 Å². The number of amides is 1. The summed E-state index contributed by atoms with van der Waals surface area (Å²) in [6, 6.07) is 18.0. The summed E-state index contributed by atoms with van der Waals surface area (Å²) in [6.45, 7) is 5.60. The van der Waals surface area contributed by atoms with Gasteiger partial charge in [0.2, 0.25) is 0 Å². The number of hydrogen-bond acceptors (Lipinski definition) is 3. The number of ether oxygens (including phenoxy) is 1. The Morgan fingerprint density at radius 1 is 1.14 bits per heavy atom. The van der Waals surface area contributed by atoms with Gasteiger partial charge in [0.15, 0.2) is 6.61 Å². The van der Waals surface area contributed by atoms with E-state index in [1.807, 2.05) is 47.4 Å². The van der Waals surface area contributed by atoms with E-state index in [1.54, 1.807) is 0 Å². The van der Waals surface area contributed by atoms with Crippen molar-refractivity contribution in [2.24, 2.45) is 0 Å². The molecule has 4 rings (SSSR count). The lowest BCUT2D eigenvalue weighted by Gasteiger charge is -2.27. The Balaban J connectivity index is 1.41. The normalized spacial score (nSPS) is 13.5. The van der Waals surface area contributed by atoms with Crippen molar-refractivity contribution in [2.75, 3.05) is 13.2 Å². The van der Waals surface area contributed by atoms with Gasteiger partial charge in [-0.2, -0.15) is 5.10 Å². The number of carbonyl (C=O) groups is 1. The summed E-state index contributed by atoms with van der Waals surface area (Å²) >= 11 is 0. The molecular formula is C23H25N3O2. The lowest BCUT2D eigenvalue weighted by atomic mass is 10.0. The summed E-state index contributed by atoms with van der Waals surface area (Å²) in [5.74, 6) is 1.20. The lowest BCUT2D eigenvalue weighted by molar-refractivity contribution is -0.134. The first kappa shape index (κ1) is 18.3. The summed E-state index contributed by atoms with van der Waals surface area (Å²) in [7, 11) is 0. The van der Waals surface area contributed by atoms with E-state index in [9.17, 15) is 4.79 Å². The van der Waals surface area contributed by atoms with Crippen molar-refractivity contribution < 1.29 is 9.53 Å². The Kier molecular flexibility index (Phi) is 5.15. The number of aromatic nitrogens is 2. The van der Waals surface area contributed by atoms with Crippen LogP contribution < -0.4 is 4.74 Å². The first-order valence-electron chi connectivity index (χ1n) is 9.74. The van der Waals surface area contributed by atoms with Gasteiger partial charge in [0.1, 0.15) is 5.75 Å². The highest BCUT2D eigenvalue weighted by atomic mass is 16.5.